The van der Waals surface area contributed by atoms with E-state index in [4.69, 9.17) is 5.73 Å². The first-order chi connectivity index (χ1) is 7.84. The van der Waals surface area contributed by atoms with Crippen molar-refractivity contribution in [2.45, 2.75) is 30.8 Å². The van der Waals surface area contributed by atoms with Crippen LogP contribution in [0.4, 0.5) is 0 Å². The Bertz CT molecular complexity index is 366. The Balaban J connectivity index is 1.98. The number of aromatic nitrogens is 2. The fraction of sp³-hybridized carbons (Fsp3) is 0.727. The van der Waals surface area contributed by atoms with E-state index in [2.05, 4.69) is 20.6 Å². The van der Waals surface area contributed by atoms with Crippen molar-refractivity contribution in [2.75, 3.05) is 19.6 Å². The number of rotatable bonds is 1. The van der Waals surface area contributed by atoms with E-state index in [1.54, 1.807) is 0 Å². The second kappa shape index (κ2) is 3.84. The van der Waals surface area contributed by atoms with Gasteiger partial charge >= 0.3 is 0 Å². The van der Waals surface area contributed by atoms with Crippen molar-refractivity contribution < 1.29 is 0 Å². The molecule has 1 spiro atoms. The summed E-state index contributed by atoms with van der Waals surface area (Å²) in [7, 11) is 0. The zero-order chi connectivity index (χ0) is 11.0. The van der Waals surface area contributed by atoms with Crippen molar-refractivity contribution in [1.29, 1.82) is 0 Å². The average molecular weight is 221 g/mol. The van der Waals surface area contributed by atoms with E-state index in [9.17, 15) is 0 Å². The van der Waals surface area contributed by atoms with E-state index in [0.29, 0.717) is 12.6 Å². The van der Waals surface area contributed by atoms with Crippen LogP contribution in [-0.2, 0) is 12.0 Å². The van der Waals surface area contributed by atoms with Crippen LogP contribution in [-0.4, -0.2) is 35.6 Å². The summed E-state index contributed by atoms with van der Waals surface area (Å²) in [5.41, 5.74) is 8.36. The van der Waals surface area contributed by atoms with Gasteiger partial charge in [-0.25, -0.2) is 4.98 Å². The molecule has 5 nitrogen and oxygen atoms in total. The largest absolute Gasteiger partial charge is 0.348 e. The van der Waals surface area contributed by atoms with Crippen LogP contribution in [0.3, 0.4) is 0 Å². The Morgan fingerprint density at radius 2 is 2.25 bits per heavy atom. The topological polar surface area (TPSA) is 78.8 Å². The molecule has 5 N–H and O–H groups in total. The van der Waals surface area contributed by atoms with E-state index in [0.717, 1.165) is 32.4 Å². The molecule has 1 fully saturated rings. The summed E-state index contributed by atoms with van der Waals surface area (Å²) >= 11 is 0. The van der Waals surface area contributed by atoms with Crippen molar-refractivity contribution in [3.05, 3.63) is 17.7 Å². The number of nitrogens with one attached hydrogen (secondary N) is 3. The van der Waals surface area contributed by atoms with Crippen molar-refractivity contribution >= 4 is 0 Å². The molecule has 0 radical (unpaired) electrons. The molecule has 16 heavy (non-hydrogen) atoms. The highest BCUT2D eigenvalue weighted by Gasteiger charge is 2.42. The summed E-state index contributed by atoms with van der Waals surface area (Å²) in [5, 5.41) is 7.12. The number of piperidine rings is 1. The van der Waals surface area contributed by atoms with Crippen LogP contribution in [0.5, 0.6) is 0 Å². The van der Waals surface area contributed by atoms with Gasteiger partial charge in [-0.1, -0.05) is 0 Å². The molecule has 1 saturated heterocycles. The highest BCUT2D eigenvalue weighted by molar-refractivity contribution is 5.27. The van der Waals surface area contributed by atoms with Gasteiger partial charge in [0.2, 0.25) is 0 Å². The first kappa shape index (κ1) is 10.3. The predicted octanol–water partition coefficient (Wildman–Crippen LogP) is -0.539. The van der Waals surface area contributed by atoms with Gasteiger partial charge in [0, 0.05) is 24.7 Å². The molecule has 1 unspecified atom stereocenters. The van der Waals surface area contributed by atoms with Crippen LogP contribution in [0.1, 0.15) is 24.2 Å². The van der Waals surface area contributed by atoms with Crippen LogP contribution in [0.25, 0.3) is 0 Å². The lowest BCUT2D eigenvalue weighted by molar-refractivity contribution is 0.197. The van der Waals surface area contributed by atoms with Crippen molar-refractivity contribution in [3.8, 4) is 0 Å². The standard InChI is InChI=1S/C11H19N5/c12-6-8-5-9-10(15-7-14-9)11(16-8)1-3-13-4-2-11/h7-8,13,16H,1-6,12H2,(H,14,15). The molecule has 2 aliphatic heterocycles. The normalized spacial score (nSPS) is 27.9. The Kier molecular flexibility index (Phi) is 2.46. The molecule has 3 rings (SSSR count). The van der Waals surface area contributed by atoms with Crippen LogP contribution >= 0.6 is 0 Å². The minimum Gasteiger partial charge on any atom is -0.348 e. The summed E-state index contributed by atoms with van der Waals surface area (Å²) in [6, 6.07) is 0.381. The van der Waals surface area contributed by atoms with Crippen LogP contribution in [0.15, 0.2) is 6.33 Å². The smallest absolute Gasteiger partial charge is 0.0926 e. The summed E-state index contributed by atoms with van der Waals surface area (Å²) in [4.78, 5) is 7.78. The van der Waals surface area contributed by atoms with Crippen LogP contribution in [0, 0.1) is 0 Å². The zero-order valence-corrected chi connectivity index (χ0v) is 9.42. The highest BCUT2D eigenvalue weighted by Crippen LogP contribution is 2.35. The first-order valence-corrected chi connectivity index (χ1v) is 6.05. The number of hydrogen-bond acceptors (Lipinski definition) is 4. The van der Waals surface area contributed by atoms with Gasteiger partial charge in [-0.15, -0.1) is 0 Å². The molecule has 1 aromatic heterocycles. The maximum atomic E-state index is 5.81. The summed E-state index contributed by atoms with van der Waals surface area (Å²) in [5.74, 6) is 0. The number of nitrogens with two attached hydrogens (primary N) is 1. The zero-order valence-electron chi connectivity index (χ0n) is 9.42. The fourth-order valence-corrected chi connectivity index (χ4v) is 3.02. The van der Waals surface area contributed by atoms with Gasteiger partial charge in [-0.05, 0) is 25.9 Å². The number of aromatic amines is 1. The van der Waals surface area contributed by atoms with Gasteiger partial charge in [0.15, 0.2) is 0 Å². The second-order valence-corrected chi connectivity index (χ2v) is 4.84. The first-order valence-electron chi connectivity index (χ1n) is 6.05. The van der Waals surface area contributed by atoms with Gasteiger partial charge < -0.3 is 21.4 Å². The Morgan fingerprint density at radius 3 is 3.00 bits per heavy atom. The number of hydrogen-bond donors (Lipinski definition) is 4. The highest BCUT2D eigenvalue weighted by atomic mass is 15.1. The monoisotopic (exact) mass is 221 g/mol. The van der Waals surface area contributed by atoms with Crippen LogP contribution < -0.4 is 16.4 Å². The van der Waals surface area contributed by atoms with E-state index in [1.807, 2.05) is 6.33 Å². The van der Waals surface area contributed by atoms with Gasteiger partial charge in [0.1, 0.15) is 0 Å². The molecule has 0 aliphatic carbocycles. The Hall–Kier alpha value is -0.910. The average Bonchev–Trinajstić information content (AvgIpc) is 2.79. The third kappa shape index (κ3) is 1.47. The van der Waals surface area contributed by atoms with Gasteiger partial charge in [-0.2, -0.15) is 0 Å². The molecule has 0 aromatic carbocycles. The summed E-state index contributed by atoms with van der Waals surface area (Å²) < 4.78 is 0. The SMILES string of the molecule is NCC1Cc2[nH]cnc2C2(CCNCC2)N1. The molecular formula is C11H19N5. The molecule has 5 heteroatoms. The van der Waals surface area contributed by atoms with E-state index >= 15 is 0 Å². The molecule has 3 heterocycles. The number of imidazole rings is 1. The predicted molar refractivity (Wildman–Crippen MR) is 62.1 cm³/mol. The number of H-pyrrole nitrogens is 1. The maximum Gasteiger partial charge on any atom is 0.0926 e. The van der Waals surface area contributed by atoms with Gasteiger partial charge in [-0.3, -0.25) is 0 Å². The lowest BCUT2D eigenvalue weighted by Crippen LogP contribution is -2.59. The molecule has 0 bridgehead atoms. The molecule has 88 valence electrons. The molecule has 1 atom stereocenters. The fourth-order valence-electron chi connectivity index (χ4n) is 3.02. The number of fused-ring (bicyclic) bond motifs is 2. The quantitative estimate of drug-likeness (QED) is 0.514. The maximum absolute atomic E-state index is 5.81. The minimum absolute atomic E-state index is 0.0584. The van der Waals surface area contributed by atoms with Gasteiger partial charge in [0.25, 0.3) is 0 Å². The van der Waals surface area contributed by atoms with Crippen LogP contribution in [0.2, 0.25) is 0 Å². The summed E-state index contributed by atoms with van der Waals surface area (Å²) in [6.07, 6.45) is 4.98. The Morgan fingerprint density at radius 1 is 1.44 bits per heavy atom. The third-order valence-corrected chi connectivity index (χ3v) is 3.84. The van der Waals surface area contributed by atoms with E-state index in [-0.39, 0.29) is 5.54 Å². The number of nitrogens with zero attached hydrogens (tertiary/aromatic N) is 1. The molecule has 2 aliphatic rings. The molecule has 1 aromatic rings. The second-order valence-electron chi connectivity index (χ2n) is 4.84. The van der Waals surface area contributed by atoms with Crippen molar-refractivity contribution in [1.82, 2.24) is 20.6 Å². The van der Waals surface area contributed by atoms with E-state index < -0.39 is 0 Å². The lowest BCUT2D eigenvalue weighted by atomic mass is 9.79. The van der Waals surface area contributed by atoms with E-state index in [1.165, 1.54) is 11.4 Å². The Labute approximate surface area is 95.2 Å². The molecule has 0 saturated carbocycles. The minimum atomic E-state index is 0.0584. The summed E-state index contributed by atoms with van der Waals surface area (Å²) in [6.45, 7) is 2.79. The van der Waals surface area contributed by atoms with Gasteiger partial charge in [0.05, 0.1) is 17.6 Å². The lowest BCUT2D eigenvalue weighted by Gasteiger charge is -2.43. The van der Waals surface area contributed by atoms with Crippen molar-refractivity contribution in [2.24, 2.45) is 5.73 Å². The molecular weight excluding hydrogens is 202 g/mol. The van der Waals surface area contributed by atoms with Crippen molar-refractivity contribution in [3.63, 3.8) is 0 Å². The third-order valence-electron chi connectivity index (χ3n) is 3.84. The molecule has 0 amide bonds.